The molecule has 1 amide bonds. The summed E-state index contributed by atoms with van der Waals surface area (Å²) in [4.78, 5) is 21.8. The second-order valence-electron chi connectivity index (χ2n) is 7.50. The third kappa shape index (κ3) is 3.49. The fourth-order valence-electron chi connectivity index (χ4n) is 3.94. The van der Waals surface area contributed by atoms with Gasteiger partial charge in [-0.05, 0) is 31.4 Å². The first-order valence-electron chi connectivity index (χ1n) is 9.83. The summed E-state index contributed by atoms with van der Waals surface area (Å²) in [5.41, 5.74) is 2.80. The van der Waals surface area contributed by atoms with Crippen LogP contribution in [0.5, 0.6) is 0 Å². The molecule has 4 heterocycles. The smallest absolute Gasteiger partial charge is 0.405 e. The van der Waals surface area contributed by atoms with Crippen molar-refractivity contribution in [1.82, 2.24) is 25.1 Å². The van der Waals surface area contributed by atoms with Crippen molar-refractivity contribution in [3.8, 4) is 11.3 Å². The van der Waals surface area contributed by atoms with Gasteiger partial charge in [-0.3, -0.25) is 4.98 Å². The number of carboxylic acid groups (broad SMARTS) is 1. The van der Waals surface area contributed by atoms with Crippen LogP contribution in [-0.4, -0.2) is 56.7 Å². The minimum atomic E-state index is -0.998. The van der Waals surface area contributed by atoms with E-state index in [1.54, 1.807) is 12.4 Å². The van der Waals surface area contributed by atoms with Crippen molar-refractivity contribution in [2.24, 2.45) is 0 Å². The first-order valence-corrected chi connectivity index (χ1v) is 9.83. The topological polar surface area (TPSA) is 105 Å². The van der Waals surface area contributed by atoms with Gasteiger partial charge in [0.05, 0.1) is 35.8 Å². The molecule has 2 aliphatic heterocycles. The van der Waals surface area contributed by atoms with Gasteiger partial charge in [0.2, 0.25) is 0 Å². The lowest BCUT2D eigenvalue weighted by atomic mass is 10.1. The number of aromatic nitrogens is 4. The van der Waals surface area contributed by atoms with E-state index in [2.05, 4.69) is 27.5 Å². The van der Waals surface area contributed by atoms with Crippen molar-refractivity contribution in [1.29, 1.82) is 0 Å². The van der Waals surface area contributed by atoms with Gasteiger partial charge in [0.25, 0.3) is 0 Å². The van der Waals surface area contributed by atoms with Crippen molar-refractivity contribution in [3.05, 3.63) is 36.8 Å². The third-order valence-electron chi connectivity index (χ3n) is 5.47. The highest BCUT2D eigenvalue weighted by Crippen LogP contribution is 2.29. The van der Waals surface area contributed by atoms with E-state index in [0.29, 0.717) is 13.1 Å². The van der Waals surface area contributed by atoms with Crippen LogP contribution < -0.4 is 10.2 Å². The Hall–Kier alpha value is -3.20. The lowest BCUT2D eigenvalue weighted by Crippen LogP contribution is -2.59. The lowest BCUT2D eigenvalue weighted by molar-refractivity contribution is -0.0366. The van der Waals surface area contributed by atoms with Crippen molar-refractivity contribution >= 4 is 22.8 Å². The largest absolute Gasteiger partial charge is 0.465 e. The van der Waals surface area contributed by atoms with Gasteiger partial charge in [0.1, 0.15) is 5.82 Å². The zero-order chi connectivity index (χ0) is 19.8. The summed E-state index contributed by atoms with van der Waals surface area (Å²) in [6.45, 7) is 1.97. The third-order valence-corrected chi connectivity index (χ3v) is 5.47. The number of ether oxygens (including phenoxy) is 1. The molecule has 5 rings (SSSR count). The summed E-state index contributed by atoms with van der Waals surface area (Å²) in [7, 11) is 0. The van der Waals surface area contributed by atoms with Gasteiger partial charge in [0.15, 0.2) is 6.23 Å². The summed E-state index contributed by atoms with van der Waals surface area (Å²) in [6, 6.07) is 6.09. The van der Waals surface area contributed by atoms with Crippen LogP contribution in [0.25, 0.3) is 22.2 Å². The van der Waals surface area contributed by atoms with Crippen LogP contribution in [-0.2, 0) is 4.74 Å². The number of hydrogen-bond acceptors (Lipinski definition) is 6. The number of hydrogen-bond donors (Lipinski definition) is 2. The summed E-state index contributed by atoms with van der Waals surface area (Å²) in [6.07, 6.45) is 7.58. The standard InChI is InChI=1S/C20H22N6O3/c27-20(28)23-15-11-25(12-15)18-10-21-9-16(24-18)13-4-5-17-14(7-13)8-22-26(17)19-3-1-2-6-29-19/h4-5,7-10,15,19,23H,1-3,6,11-12H2,(H,27,28). The van der Waals surface area contributed by atoms with Crippen LogP contribution in [0.1, 0.15) is 25.5 Å². The molecule has 1 unspecified atom stereocenters. The Morgan fingerprint density at radius 2 is 2.10 bits per heavy atom. The van der Waals surface area contributed by atoms with E-state index in [1.807, 2.05) is 21.8 Å². The first-order chi connectivity index (χ1) is 14.2. The summed E-state index contributed by atoms with van der Waals surface area (Å²) >= 11 is 0. The van der Waals surface area contributed by atoms with E-state index < -0.39 is 6.09 Å². The Bertz CT molecular complexity index is 1040. The van der Waals surface area contributed by atoms with Crippen LogP contribution in [0.4, 0.5) is 10.6 Å². The maximum absolute atomic E-state index is 10.7. The first kappa shape index (κ1) is 17.9. The summed E-state index contributed by atoms with van der Waals surface area (Å²) < 4.78 is 7.84. The molecule has 0 bridgehead atoms. The van der Waals surface area contributed by atoms with E-state index in [4.69, 9.17) is 14.8 Å². The highest BCUT2D eigenvalue weighted by molar-refractivity contribution is 5.84. The SMILES string of the molecule is O=C(O)NC1CN(c2cncc(-c3ccc4c(cnn4C4CCCCO4)c3)n2)C1. The van der Waals surface area contributed by atoms with E-state index >= 15 is 0 Å². The highest BCUT2D eigenvalue weighted by Gasteiger charge is 2.29. The molecule has 0 spiro atoms. The van der Waals surface area contributed by atoms with E-state index in [1.165, 1.54) is 0 Å². The minimum absolute atomic E-state index is 0.00833. The molecule has 9 heteroatoms. The normalized spacial score (nSPS) is 19.9. The molecule has 2 fully saturated rings. The summed E-state index contributed by atoms with van der Waals surface area (Å²) in [5.74, 6) is 0.748. The maximum Gasteiger partial charge on any atom is 0.405 e. The van der Waals surface area contributed by atoms with Crippen molar-refractivity contribution < 1.29 is 14.6 Å². The molecule has 9 nitrogen and oxygen atoms in total. The molecule has 150 valence electrons. The van der Waals surface area contributed by atoms with Gasteiger partial charge >= 0.3 is 6.09 Å². The molecule has 1 atom stereocenters. The second-order valence-corrected chi connectivity index (χ2v) is 7.50. The molecular weight excluding hydrogens is 372 g/mol. The Morgan fingerprint density at radius 1 is 1.21 bits per heavy atom. The van der Waals surface area contributed by atoms with Gasteiger partial charge in [-0.15, -0.1) is 0 Å². The lowest BCUT2D eigenvalue weighted by Gasteiger charge is -2.39. The molecule has 2 saturated heterocycles. The predicted molar refractivity (Wildman–Crippen MR) is 107 cm³/mol. The van der Waals surface area contributed by atoms with Gasteiger partial charge < -0.3 is 20.1 Å². The maximum atomic E-state index is 10.7. The quantitative estimate of drug-likeness (QED) is 0.701. The van der Waals surface area contributed by atoms with Gasteiger partial charge in [-0.25, -0.2) is 14.5 Å². The molecule has 1 aromatic carbocycles. The molecule has 29 heavy (non-hydrogen) atoms. The number of carbonyl (C=O) groups is 1. The summed E-state index contributed by atoms with van der Waals surface area (Å²) in [5, 5.41) is 16.9. The number of anilines is 1. The van der Waals surface area contributed by atoms with Crippen molar-refractivity contribution in [3.63, 3.8) is 0 Å². The zero-order valence-electron chi connectivity index (χ0n) is 15.9. The Balaban J connectivity index is 1.36. The molecule has 0 radical (unpaired) electrons. The predicted octanol–water partition coefficient (Wildman–Crippen LogP) is 2.65. The van der Waals surface area contributed by atoms with Gasteiger partial charge in [0, 0.05) is 30.6 Å². The number of rotatable bonds is 4. The molecule has 0 saturated carbocycles. The van der Waals surface area contributed by atoms with Gasteiger partial charge in [-0.1, -0.05) is 6.07 Å². The molecule has 3 aromatic rings. The monoisotopic (exact) mass is 394 g/mol. The molecule has 0 aliphatic carbocycles. The molecule has 2 aliphatic rings. The van der Waals surface area contributed by atoms with Crippen LogP contribution in [0.2, 0.25) is 0 Å². The fraction of sp³-hybridized carbons (Fsp3) is 0.400. The Morgan fingerprint density at radius 3 is 2.90 bits per heavy atom. The number of nitrogens with one attached hydrogen (secondary N) is 1. The Kier molecular flexibility index (Phi) is 4.51. The van der Waals surface area contributed by atoms with Gasteiger partial charge in [-0.2, -0.15) is 5.10 Å². The number of fused-ring (bicyclic) bond motifs is 1. The number of amides is 1. The average Bonchev–Trinajstić information content (AvgIpc) is 3.14. The zero-order valence-corrected chi connectivity index (χ0v) is 15.9. The average molecular weight is 394 g/mol. The van der Waals surface area contributed by atoms with Crippen LogP contribution in [0.3, 0.4) is 0 Å². The number of benzene rings is 1. The van der Waals surface area contributed by atoms with E-state index in [9.17, 15) is 4.79 Å². The molecular formula is C20H22N6O3. The second kappa shape index (κ2) is 7.32. The van der Waals surface area contributed by atoms with Crippen molar-refractivity contribution in [2.45, 2.75) is 31.5 Å². The van der Waals surface area contributed by atoms with E-state index in [0.717, 1.165) is 53.8 Å². The van der Waals surface area contributed by atoms with Crippen LogP contribution in [0, 0.1) is 0 Å². The Labute approximate surface area is 167 Å². The molecule has 2 N–H and O–H groups in total. The van der Waals surface area contributed by atoms with Crippen molar-refractivity contribution in [2.75, 3.05) is 24.6 Å². The fourth-order valence-corrected chi connectivity index (χ4v) is 3.94. The van der Waals surface area contributed by atoms with Crippen LogP contribution in [0.15, 0.2) is 36.8 Å². The van der Waals surface area contributed by atoms with E-state index in [-0.39, 0.29) is 12.3 Å². The van der Waals surface area contributed by atoms with Crippen LogP contribution >= 0.6 is 0 Å². The molecule has 2 aromatic heterocycles. The minimum Gasteiger partial charge on any atom is -0.465 e. The number of nitrogens with zero attached hydrogens (tertiary/aromatic N) is 5. The highest BCUT2D eigenvalue weighted by atomic mass is 16.5.